The average molecular weight is 372 g/mol. The van der Waals surface area contributed by atoms with Crippen molar-refractivity contribution in [2.75, 3.05) is 20.1 Å². The summed E-state index contributed by atoms with van der Waals surface area (Å²) < 4.78 is 27.4. The van der Waals surface area contributed by atoms with Crippen molar-refractivity contribution in [1.29, 1.82) is 0 Å². The molecule has 2 aromatic carbocycles. The Morgan fingerprint density at radius 1 is 1.11 bits per heavy atom. The molecule has 0 aromatic heterocycles. The van der Waals surface area contributed by atoms with Gasteiger partial charge in [-0.25, -0.2) is 8.78 Å². The Bertz CT molecular complexity index is 849. The third-order valence-electron chi connectivity index (χ3n) is 4.94. The molecule has 1 aliphatic rings. The molecule has 27 heavy (non-hydrogen) atoms. The molecule has 6 heteroatoms. The highest BCUT2D eigenvalue weighted by atomic mass is 19.1. The Labute approximate surface area is 157 Å². The van der Waals surface area contributed by atoms with Crippen LogP contribution in [-0.4, -0.2) is 47.8 Å². The number of hydrogen-bond donors (Lipinski definition) is 0. The second-order valence-corrected chi connectivity index (χ2v) is 6.74. The predicted molar refractivity (Wildman–Crippen MR) is 98.9 cm³/mol. The molecule has 142 valence electrons. The van der Waals surface area contributed by atoms with Gasteiger partial charge in [-0.3, -0.25) is 9.59 Å². The molecule has 1 atom stereocenters. The van der Waals surface area contributed by atoms with Gasteiger partial charge in [0.1, 0.15) is 17.7 Å². The molecular weight excluding hydrogens is 350 g/mol. The number of nitrogens with zero attached hydrogens (tertiary/aromatic N) is 2. The monoisotopic (exact) mass is 372 g/mol. The molecule has 0 aliphatic carbocycles. The van der Waals surface area contributed by atoms with E-state index in [1.165, 1.54) is 12.1 Å². The summed E-state index contributed by atoms with van der Waals surface area (Å²) in [5.74, 6) is -1.51. The molecular formula is C21H22F2N2O2. The average Bonchev–Trinajstić information content (AvgIpc) is 2.64. The predicted octanol–water partition coefficient (Wildman–Crippen LogP) is 3.25. The van der Waals surface area contributed by atoms with Crippen LogP contribution in [0.5, 0.6) is 0 Å². The number of hydrogen-bond acceptors (Lipinski definition) is 2. The van der Waals surface area contributed by atoms with Gasteiger partial charge in [0.05, 0.1) is 0 Å². The molecule has 3 rings (SSSR count). The maximum absolute atomic E-state index is 13.7. The minimum absolute atomic E-state index is 0.0734. The fraction of sp³-hybridized carbons (Fsp3) is 0.333. The van der Waals surface area contributed by atoms with Crippen LogP contribution >= 0.6 is 0 Å². The van der Waals surface area contributed by atoms with Crippen molar-refractivity contribution in [3.8, 4) is 11.1 Å². The minimum Gasteiger partial charge on any atom is -0.342 e. The zero-order chi connectivity index (χ0) is 19.6. The van der Waals surface area contributed by atoms with Gasteiger partial charge in [0, 0.05) is 39.0 Å². The van der Waals surface area contributed by atoms with Crippen LogP contribution in [0, 0.1) is 11.6 Å². The molecule has 1 aliphatic heterocycles. The number of halogens is 2. The summed E-state index contributed by atoms with van der Waals surface area (Å²) in [6.07, 6.45) is 0.619. The number of likely N-dealkylation sites (N-methyl/N-ethyl adjacent to an activating group) is 1. The number of carbonyl (C=O) groups is 2. The van der Waals surface area contributed by atoms with Crippen molar-refractivity contribution >= 4 is 11.8 Å². The second kappa shape index (κ2) is 7.86. The lowest BCUT2D eigenvalue weighted by Gasteiger charge is -2.39. The Morgan fingerprint density at radius 2 is 1.78 bits per heavy atom. The lowest BCUT2D eigenvalue weighted by atomic mass is 9.93. The van der Waals surface area contributed by atoms with Gasteiger partial charge in [0.25, 0.3) is 0 Å². The van der Waals surface area contributed by atoms with E-state index in [1.54, 1.807) is 35.9 Å². The van der Waals surface area contributed by atoms with Crippen LogP contribution in [0.2, 0.25) is 0 Å². The maximum Gasteiger partial charge on any atom is 0.245 e. The van der Waals surface area contributed by atoms with Gasteiger partial charge >= 0.3 is 0 Å². The molecule has 1 saturated heterocycles. The zero-order valence-corrected chi connectivity index (χ0v) is 15.4. The number of piperazine rings is 1. The van der Waals surface area contributed by atoms with Crippen molar-refractivity contribution in [1.82, 2.24) is 9.80 Å². The molecule has 0 bridgehead atoms. The molecule has 1 heterocycles. The van der Waals surface area contributed by atoms with Gasteiger partial charge in [-0.05, 0) is 28.8 Å². The number of rotatable bonds is 4. The van der Waals surface area contributed by atoms with Gasteiger partial charge in [-0.2, -0.15) is 0 Å². The van der Waals surface area contributed by atoms with Crippen molar-refractivity contribution in [2.45, 2.75) is 25.8 Å². The highest BCUT2D eigenvalue weighted by molar-refractivity contribution is 5.89. The Hall–Kier alpha value is -2.76. The van der Waals surface area contributed by atoms with E-state index >= 15 is 0 Å². The molecule has 0 unspecified atom stereocenters. The summed E-state index contributed by atoms with van der Waals surface area (Å²) in [5.41, 5.74) is 1.83. The molecule has 0 N–H and O–H groups in total. The maximum atomic E-state index is 13.7. The summed E-state index contributed by atoms with van der Waals surface area (Å²) in [6, 6.07) is 9.95. The van der Waals surface area contributed by atoms with E-state index < -0.39 is 17.7 Å². The first kappa shape index (κ1) is 19.0. The van der Waals surface area contributed by atoms with Crippen LogP contribution in [0.15, 0.2) is 42.5 Å². The van der Waals surface area contributed by atoms with Crippen LogP contribution < -0.4 is 0 Å². The van der Waals surface area contributed by atoms with E-state index in [4.69, 9.17) is 0 Å². The van der Waals surface area contributed by atoms with Crippen LogP contribution in [-0.2, 0) is 16.0 Å². The van der Waals surface area contributed by atoms with Crippen LogP contribution in [0.25, 0.3) is 11.1 Å². The summed E-state index contributed by atoms with van der Waals surface area (Å²) in [7, 11) is 1.72. The van der Waals surface area contributed by atoms with Gasteiger partial charge in [0.2, 0.25) is 11.8 Å². The normalized spacial score (nSPS) is 17.3. The zero-order valence-electron chi connectivity index (χ0n) is 15.4. The Morgan fingerprint density at radius 3 is 2.44 bits per heavy atom. The molecule has 2 aromatic rings. The summed E-state index contributed by atoms with van der Waals surface area (Å²) in [4.78, 5) is 28.3. The molecule has 1 fully saturated rings. The SMILES string of the molecule is CCC(=O)N1CCN(C)C(=O)[C@H]1Cc1ccccc1-c1cc(F)cc(F)c1. The van der Waals surface area contributed by atoms with E-state index in [2.05, 4.69) is 0 Å². The Kier molecular flexibility index (Phi) is 5.54. The number of carbonyl (C=O) groups excluding carboxylic acids is 2. The lowest BCUT2D eigenvalue weighted by Crippen LogP contribution is -2.58. The van der Waals surface area contributed by atoms with Gasteiger partial charge in [0.15, 0.2) is 0 Å². The lowest BCUT2D eigenvalue weighted by molar-refractivity contribution is -0.150. The van der Waals surface area contributed by atoms with E-state index in [0.29, 0.717) is 37.1 Å². The molecule has 2 amide bonds. The molecule has 0 spiro atoms. The molecule has 4 nitrogen and oxygen atoms in total. The number of benzene rings is 2. The van der Waals surface area contributed by atoms with Gasteiger partial charge < -0.3 is 9.80 Å². The topological polar surface area (TPSA) is 40.6 Å². The molecule has 0 saturated carbocycles. The minimum atomic E-state index is -0.656. The highest BCUT2D eigenvalue weighted by Crippen LogP contribution is 2.28. The van der Waals surface area contributed by atoms with E-state index in [9.17, 15) is 18.4 Å². The van der Waals surface area contributed by atoms with E-state index in [0.717, 1.165) is 11.6 Å². The van der Waals surface area contributed by atoms with E-state index in [1.807, 2.05) is 12.1 Å². The van der Waals surface area contributed by atoms with Crippen molar-refractivity contribution < 1.29 is 18.4 Å². The van der Waals surface area contributed by atoms with Crippen molar-refractivity contribution in [3.05, 3.63) is 59.7 Å². The van der Waals surface area contributed by atoms with Crippen molar-refractivity contribution in [3.63, 3.8) is 0 Å². The third kappa shape index (κ3) is 3.99. The second-order valence-electron chi connectivity index (χ2n) is 6.74. The molecule has 0 radical (unpaired) electrons. The largest absolute Gasteiger partial charge is 0.342 e. The number of amides is 2. The standard InChI is InChI=1S/C21H22F2N2O2/c1-3-20(26)25-9-8-24(2)21(27)19(25)12-14-6-4-5-7-18(14)15-10-16(22)13-17(23)11-15/h4-7,10-11,13,19H,3,8-9,12H2,1-2H3/t19-/m1/s1. The first-order valence-corrected chi connectivity index (χ1v) is 8.99. The van der Waals surface area contributed by atoms with Gasteiger partial charge in [-0.1, -0.05) is 31.2 Å². The van der Waals surface area contributed by atoms with Crippen LogP contribution in [0.1, 0.15) is 18.9 Å². The van der Waals surface area contributed by atoms with E-state index in [-0.39, 0.29) is 11.8 Å². The third-order valence-corrected chi connectivity index (χ3v) is 4.94. The van der Waals surface area contributed by atoms with Crippen molar-refractivity contribution in [2.24, 2.45) is 0 Å². The quantitative estimate of drug-likeness (QED) is 0.827. The summed E-state index contributed by atoms with van der Waals surface area (Å²) >= 11 is 0. The Balaban J connectivity index is 1.99. The highest BCUT2D eigenvalue weighted by Gasteiger charge is 2.35. The van der Waals surface area contributed by atoms with Crippen LogP contribution in [0.3, 0.4) is 0 Å². The first-order chi connectivity index (χ1) is 12.9. The van der Waals surface area contributed by atoms with Crippen LogP contribution in [0.4, 0.5) is 8.78 Å². The smallest absolute Gasteiger partial charge is 0.245 e. The van der Waals surface area contributed by atoms with Gasteiger partial charge in [-0.15, -0.1) is 0 Å². The fourth-order valence-corrected chi connectivity index (χ4v) is 3.51. The summed E-state index contributed by atoms with van der Waals surface area (Å²) in [6.45, 7) is 2.75. The summed E-state index contributed by atoms with van der Waals surface area (Å²) in [5, 5.41) is 0. The first-order valence-electron chi connectivity index (χ1n) is 8.99. The fourth-order valence-electron chi connectivity index (χ4n) is 3.51.